The average Bonchev–Trinajstić information content (AvgIpc) is 2.87. The standard InChI is InChI=1S/C9H12F3N3/c10-9(11,12)7-5-14-8(3-4-13)15(7)6-1-2-6/h5-6H,1-4,13H2. The lowest BCUT2D eigenvalue weighted by Crippen LogP contribution is -2.16. The molecule has 1 heterocycles. The highest BCUT2D eigenvalue weighted by Gasteiger charge is 2.40. The number of hydrogen-bond donors (Lipinski definition) is 1. The molecule has 0 saturated heterocycles. The lowest BCUT2D eigenvalue weighted by atomic mass is 10.4. The van der Waals surface area contributed by atoms with Crippen LogP contribution in [0.3, 0.4) is 0 Å². The Hall–Kier alpha value is -1.04. The van der Waals surface area contributed by atoms with Crippen LogP contribution >= 0.6 is 0 Å². The molecule has 1 saturated carbocycles. The minimum Gasteiger partial charge on any atom is -0.330 e. The molecule has 0 spiro atoms. The van der Waals surface area contributed by atoms with E-state index in [-0.39, 0.29) is 6.04 Å². The molecule has 6 heteroatoms. The average molecular weight is 219 g/mol. The molecule has 0 unspecified atom stereocenters. The van der Waals surface area contributed by atoms with Gasteiger partial charge in [-0.1, -0.05) is 0 Å². The van der Waals surface area contributed by atoms with E-state index in [0.717, 1.165) is 19.0 Å². The third-order valence-corrected chi connectivity index (χ3v) is 2.44. The van der Waals surface area contributed by atoms with Crippen LogP contribution in [0.15, 0.2) is 6.20 Å². The second kappa shape index (κ2) is 3.52. The lowest BCUT2D eigenvalue weighted by Gasteiger charge is -2.12. The third kappa shape index (κ3) is 1.99. The lowest BCUT2D eigenvalue weighted by molar-refractivity contribution is -0.143. The molecule has 3 nitrogen and oxygen atoms in total. The molecule has 1 aromatic rings. The van der Waals surface area contributed by atoms with Crippen LogP contribution in [0, 0.1) is 0 Å². The van der Waals surface area contributed by atoms with Crippen LogP contribution in [0.2, 0.25) is 0 Å². The molecular weight excluding hydrogens is 207 g/mol. The van der Waals surface area contributed by atoms with Crippen molar-refractivity contribution in [2.45, 2.75) is 31.5 Å². The first kappa shape index (κ1) is 10.5. The van der Waals surface area contributed by atoms with Crippen LogP contribution in [-0.4, -0.2) is 16.1 Å². The second-order valence-corrected chi connectivity index (χ2v) is 3.70. The number of imidazole rings is 1. The summed E-state index contributed by atoms with van der Waals surface area (Å²) in [4.78, 5) is 3.80. The Balaban J connectivity index is 2.38. The van der Waals surface area contributed by atoms with Gasteiger partial charge in [-0.3, -0.25) is 0 Å². The van der Waals surface area contributed by atoms with Crippen LogP contribution in [0.4, 0.5) is 13.2 Å². The summed E-state index contributed by atoms with van der Waals surface area (Å²) in [6, 6.07) is -0.0225. The summed E-state index contributed by atoms with van der Waals surface area (Å²) >= 11 is 0. The highest BCUT2D eigenvalue weighted by molar-refractivity contribution is 5.13. The maximum Gasteiger partial charge on any atom is 0.433 e. The van der Waals surface area contributed by atoms with Gasteiger partial charge < -0.3 is 10.3 Å². The van der Waals surface area contributed by atoms with Crippen LogP contribution < -0.4 is 5.73 Å². The molecule has 0 aliphatic heterocycles. The number of aromatic nitrogens is 2. The fourth-order valence-corrected chi connectivity index (χ4v) is 1.66. The fourth-order valence-electron chi connectivity index (χ4n) is 1.66. The van der Waals surface area contributed by atoms with Gasteiger partial charge in [0.25, 0.3) is 0 Å². The van der Waals surface area contributed by atoms with Crippen LogP contribution in [0.25, 0.3) is 0 Å². The van der Waals surface area contributed by atoms with Gasteiger partial charge in [-0.2, -0.15) is 13.2 Å². The fraction of sp³-hybridized carbons (Fsp3) is 0.667. The van der Waals surface area contributed by atoms with Gasteiger partial charge >= 0.3 is 6.18 Å². The Labute approximate surface area is 85.1 Å². The Morgan fingerprint density at radius 2 is 2.13 bits per heavy atom. The Kier molecular flexibility index (Phi) is 2.46. The van der Waals surface area contributed by atoms with E-state index in [1.54, 1.807) is 0 Å². The van der Waals surface area contributed by atoms with Crippen molar-refractivity contribution in [2.24, 2.45) is 5.73 Å². The van der Waals surface area contributed by atoms with Gasteiger partial charge in [0.1, 0.15) is 11.5 Å². The molecule has 0 aromatic carbocycles. The maximum atomic E-state index is 12.6. The largest absolute Gasteiger partial charge is 0.433 e. The monoisotopic (exact) mass is 219 g/mol. The molecule has 0 bridgehead atoms. The summed E-state index contributed by atoms with van der Waals surface area (Å²) in [5.41, 5.74) is 4.69. The molecule has 0 atom stereocenters. The zero-order valence-corrected chi connectivity index (χ0v) is 8.09. The molecule has 0 amide bonds. The smallest absolute Gasteiger partial charge is 0.330 e. The van der Waals surface area contributed by atoms with E-state index >= 15 is 0 Å². The van der Waals surface area contributed by atoms with Gasteiger partial charge in [-0.05, 0) is 19.4 Å². The number of nitrogens with zero attached hydrogens (tertiary/aromatic N) is 2. The minimum atomic E-state index is -4.32. The molecule has 1 aromatic heterocycles. The van der Waals surface area contributed by atoms with Gasteiger partial charge in [-0.15, -0.1) is 0 Å². The molecular formula is C9H12F3N3. The zero-order valence-electron chi connectivity index (χ0n) is 8.09. The van der Waals surface area contributed by atoms with E-state index in [1.165, 1.54) is 4.57 Å². The second-order valence-electron chi connectivity index (χ2n) is 3.70. The predicted molar refractivity (Wildman–Crippen MR) is 48.3 cm³/mol. The quantitative estimate of drug-likeness (QED) is 0.841. The maximum absolute atomic E-state index is 12.6. The molecule has 2 N–H and O–H groups in total. The number of halogens is 3. The summed E-state index contributed by atoms with van der Waals surface area (Å²) in [5.74, 6) is 0.451. The molecule has 84 valence electrons. The third-order valence-electron chi connectivity index (χ3n) is 2.44. The van der Waals surface area contributed by atoms with Crippen LogP contribution in [-0.2, 0) is 12.6 Å². The summed E-state index contributed by atoms with van der Waals surface area (Å²) in [6.45, 7) is 0.320. The van der Waals surface area contributed by atoms with Crippen molar-refractivity contribution in [3.05, 3.63) is 17.7 Å². The number of hydrogen-bond acceptors (Lipinski definition) is 2. The van der Waals surface area contributed by atoms with Gasteiger partial charge in [0, 0.05) is 12.5 Å². The highest BCUT2D eigenvalue weighted by atomic mass is 19.4. The van der Waals surface area contributed by atoms with E-state index in [4.69, 9.17) is 5.73 Å². The minimum absolute atomic E-state index is 0.0225. The van der Waals surface area contributed by atoms with Crippen molar-refractivity contribution in [1.82, 2.24) is 9.55 Å². The number of nitrogens with two attached hydrogens (primary N) is 1. The van der Waals surface area contributed by atoms with Crippen LogP contribution in [0.1, 0.15) is 30.4 Å². The Morgan fingerprint density at radius 3 is 2.60 bits per heavy atom. The Morgan fingerprint density at radius 1 is 1.47 bits per heavy atom. The van der Waals surface area contributed by atoms with Crippen molar-refractivity contribution in [3.63, 3.8) is 0 Å². The van der Waals surface area contributed by atoms with E-state index in [9.17, 15) is 13.2 Å². The van der Waals surface area contributed by atoms with Gasteiger partial charge in [0.2, 0.25) is 0 Å². The first-order valence-corrected chi connectivity index (χ1v) is 4.87. The molecule has 1 aliphatic rings. The van der Waals surface area contributed by atoms with Crippen molar-refractivity contribution < 1.29 is 13.2 Å². The SMILES string of the molecule is NCCc1ncc(C(F)(F)F)n1C1CC1. The summed E-state index contributed by atoms with van der Waals surface area (Å²) in [7, 11) is 0. The molecule has 1 fully saturated rings. The van der Waals surface area contributed by atoms with E-state index in [2.05, 4.69) is 4.98 Å². The first-order chi connectivity index (χ1) is 7.04. The van der Waals surface area contributed by atoms with Crippen molar-refractivity contribution in [2.75, 3.05) is 6.54 Å². The van der Waals surface area contributed by atoms with Gasteiger partial charge in [0.15, 0.2) is 0 Å². The van der Waals surface area contributed by atoms with Gasteiger partial charge in [-0.25, -0.2) is 4.98 Å². The van der Waals surface area contributed by atoms with E-state index in [0.29, 0.717) is 18.8 Å². The number of alkyl halides is 3. The summed E-state index contributed by atoms with van der Waals surface area (Å²) in [6.07, 6.45) is -1.41. The van der Waals surface area contributed by atoms with Crippen molar-refractivity contribution in [3.8, 4) is 0 Å². The van der Waals surface area contributed by atoms with E-state index in [1.807, 2.05) is 0 Å². The van der Waals surface area contributed by atoms with Crippen molar-refractivity contribution >= 4 is 0 Å². The normalized spacial score (nSPS) is 17.1. The molecule has 1 aliphatic carbocycles. The summed E-state index contributed by atoms with van der Waals surface area (Å²) < 4.78 is 39.1. The van der Waals surface area contributed by atoms with Crippen molar-refractivity contribution in [1.29, 1.82) is 0 Å². The molecule has 15 heavy (non-hydrogen) atoms. The topological polar surface area (TPSA) is 43.8 Å². The predicted octanol–water partition coefficient (Wildman–Crippen LogP) is 1.74. The zero-order chi connectivity index (χ0) is 11.1. The summed E-state index contributed by atoms with van der Waals surface area (Å²) in [5, 5.41) is 0. The number of rotatable bonds is 3. The first-order valence-electron chi connectivity index (χ1n) is 4.87. The van der Waals surface area contributed by atoms with Gasteiger partial charge in [0.05, 0.1) is 6.20 Å². The highest BCUT2D eigenvalue weighted by Crippen LogP contribution is 2.41. The molecule has 2 rings (SSSR count). The molecule has 0 radical (unpaired) electrons. The van der Waals surface area contributed by atoms with Crippen LogP contribution in [0.5, 0.6) is 0 Å². The van der Waals surface area contributed by atoms with E-state index < -0.39 is 11.9 Å². The Bertz CT molecular complexity index is 352.